The minimum atomic E-state index is -0.118. The third-order valence-electron chi connectivity index (χ3n) is 3.98. The summed E-state index contributed by atoms with van der Waals surface area (Å²) in [5.41, 5.74) is 2.32. The van der Waals surface area contributed by atoms with Crippen molar-refractivity contribution < 1.29 is 9.59 Å². The number of benzene rings is 2. The van der Waals surface area contributed by atoms with Gasteiger partial charge in [-0.2, -0.15) is 0 Å². The molecule has 5 heteroatoms. The Labute approximate surface area is 152 Å². The molecule has 0 radical (unpaired) electrons. The van der Waals surface area contributed by atoms with Gasteiger partial charge in [-0.1, -0.05) is 29.8 Å². The number of amides is 2. The summed E-state index contributed by atoms with van der Waals surface area (Å²) in [6.45, 7) is 2.05. The molecular formula is C20H22N2O2S. The number of carbonyl (C=O) groups excluding carboxylic acids is 2. The number of thioether (sulfide) groups is 1. The van der Waals surface area contributed by atoms with E-state index >= 15 is 0 Å². The van der Waals surface area contributed by atoms with Crippen molar-refractivity contribution in [2.45, 2.75) is 37.1 Å². The van der Waals surface area contributed by atoms with E-state index in [2.05, 4.69) is 41.8 Å². The second-order valence-corrected chi connectivity index (χ2v) is 7.42. The smallest absolute Gasteiger partial charge is 0.253 e. The molecule has 25 heavy (non-hydrogen) atoms. The maximum Gasteiger partial charge on any atom is 0.253 e. The van der Waals surface area contributed by atoms with Crippen molar-refractivity contribution in [3.63, 3.8) is 0 Å². The van der Waals surface area contributed by atoms with Crippen LogP contribution in [0.5, 0.6) is 0 Å². The van der Waals surface area contributed by atoms with Crippen LogP contribution in [0.15, 0.2) is 53.4 Å². The van der Waals surface area contributed by atoms with Crippen LogP contribution >= 0.6 is 11.8 Å². The lowest BCUT2D eigenvalue weighted by Gasteiger charge is -2.11. The summed E-state index contributed by atoms with van der Waals surface area (Å²) >= 11 is 1.66. The molecule has 1 aliphatic rings. The second-order valence-electron chi connectivity index (χ2n) is 6.25. The molecule has 0 spiro atoms. The van der Waals surface area contributed by atoms with E-state index in [1.54, 1.807) is 23.9 Å². The molecule has 0 aliphatic heterocycles. The summed E-state index contributed by atoms with van der Waals surface area (Å²) < 4.78 is 0. The Balaban J connectivity index is 1.52. The molecule has 1 fully saturated rings. The van der Waals surface area contributed by atoms with Crippen molar-refractivity contribution in [1.29, 1.82) is 0 Å². The topological polar surface area (TPSA) is 58.2 Å². The van der Waals surface area contributed by atoms with Gasteiger partial charge in [0.1, 0.15) is 0 Å². The van der Waals surface area contributed by atoms with Crippen molar-refractivity contribution in [3.05, 3.63) is 59.7 Å². The normalized spacial score (nSPS) is 13.3. The monoisotopic (exact) mass is 354 g/mol. The molecule has 2 amide bonds. The van der Waals surface area contributed by atoms with Crippen molar-refractivity contribution >= 4 is 29.3 Å². The fraction of sp³-hybridized carbons (Fsp3) is 0.300. The lowest BCUT2D eigenvalue weighted by molar-refractivity contribution is -0.115. The van der Waals surface area contributed by atoms with E-state index in [1.165, 1.54) is 5.56 Å². The minimum absolute atomic E-state index is 0.0775. The molecule has 0 bridgehead atoms. The number of carbonyl (C=O) groups is 2. The third-order valence-corrected chi connectivity index (χ3v) is 4.99. The Morgan fingerprint density at radius 3 is 2.52 bits per heavy atom. The lowest BCUT2D eigenvalue weighted by Crippen LogP contribution is -2.27. The highest BCUT2D eigenvalue weighted by atomic mass is 32.2. The predicted molar refractivity (Wildman–Crippen MR) is 102 cm³/mol. The highest BCUT2D eigenvalue weighted by molar-refractivity contribution is 7.99. The Morgan fingerprint density at radius 2 is 1.80 bits per heavy atom. The maximum atomic E-state index is 12.3. The van der Waals surface area contributed by atoms with Gasteiger partial charge in [-0.15, -0.1) is 11.8 Å². The lowest BCUT2D eigenvalue weighted by atomic mass is 10.1. The van der Waals surface area contributed by atoms with E-state index in [0.29, 0.717) is 29.5 Å². The van der Waals surface area contributed by atoms with Gasteiger partial charge in [0.25, 0.3) is 5.91 Å². The number of rotatable bonds is 7. The molecule has 130 valence electrons. The van der Waals surface area contributed by atoms with Crippen molar-refractivity contribution in [2.24, 2.45) is 0 Å². The summed E-state index contributed by atoms with van der Waals surface area (Å²) in [6, 6.07) is 15.7. The van der Waals surface area contributed by atoms with Crippen LogP contribution in [0.1, 0.15) is 35.2 Å². The summed E-state index contributed by atoms with van der Waals surface area (Å²) in [4.78, 5) is 25.6. The van der Waals surface area contributed by atoms with Crippen molar-refractivity contribution in [1.82, 2.24) is 5.32 Å². The zero-order valence-electron chi connectivity index (χ0n) is 14.2. The summed E-state index contributed by atoms with van der Waals surface area (Å²) in [7, 11) is 0. The van der Waals surface area contributed by atoms with Crippen LogP contribution in [-0.2, 0) is 4.79 Å². The molecule has 2 aromatic rings. The van der Waals surface area contributed by atoms with Crippen LogP contribution in [0.2, 0.25) is 0 Å². The first-order valence-corrected chi connectivity index (χ1v) is 9.49. The summed E-state index contributed by atoms with van der Waals surface area (Å²) in [5.74, 6) is 0.504. The quantitative estimate of drug-likeness (QED) is 0.739. The van der Waals surface area contributed by atoms with Gasteiger partial charge >= 0.3 is 0 Å². The fourth-order valence-corrected chi connectivity index (χ4v) is 3.24. The van der Waals surface area contributed by atoms with Crippen LogP contribution in [0, 0.1) is 6.92 Å². The van der Waals surface area contributed by atoms with Crippen LogP contribution in [0.4, 0.5) is 5.69 Å². The Hall–Kier alpha value is -2.27. The van der Waals surface area contributed by atoms with E-state index in [1.807, 2.05) is 12.1 Å². The Bertz CT molecular complexity index is 755. The standard InChI is InChI=1S/C20H22N2O2S/c1-14-6-10-16(11-7-14)25-13-12-19(23)22-18-5-3-2-4-17(18)20(24)21-15-8-9-15/h2-7,10-11,15H,8-9,12-13H2,1H3,(H,21,24)(H,22,23). The number of hydrogen-bond acceptors (Lipinski definition) is 3. The molecular weight excluding hydrogens is 332 g/mol. The number of nitrogens with one attached hydrogen (secondary N) is 2. The summed E-state index contributed by atoms with van der Waals surface area (Å²) in [5, 5.41) is 5.83. The van der Waals surface area contributed by atoms with Gasteiger partial charge < -0.3 is 10.6 Å². The molecule has 3 rings (SSSR count). The molecule has 0 saturated heterocycles. The largest absolute Gasteiger partial charge is 0.349 e. The van der Waals surface area contributed by atoms with Crippen molar-refractivity contribution in [3.8, 4) is 0 Å². The molecule has 2 aromatic carbocycles. The SMILES string of the molecule is Cc1ccc(SCCC(=O)Nc2ccccc2C(=O)NC2CC2)cc1. The number of anilines is 1. The Kier molecular flexibility index (Phi) is 5.76. The van der Waals surface area contributed by atoms with Crippen LogP contribution in [-0.4, -0.2) is 23.6 Å². The average Bonchev–Trinajstić information content (AvgIpc) is 3.41. The molecule has 0 unspecified atom stereocenters. The molecule has 2 N–H and O–H groups in total. The van der Waals surface area contributed by atoms with Gasteiger partial charge in [-0.25, -0.2) is 0 Å². The number of para-hydroxylation sites is 1. The van der Waals surface area contributed by atoms with Crippen molar-refractivity contribution in [2.75, 3.05) is 11.1 Å². The first-order chi connectivity index (χ1) is 12.1. The third kappa shape index (κ3) is 5.36. The van der Waals surface area contributed by atoms with Gasteiger partial charge in [-0.3, -0.25) is 9.59 Å². The van der Waals surface area contributed by atoms with E-state index in [4.69, 9.17) is 0 Å². The predicted octanol–water partition coefficient (Wildman–Crippen LogP) is 4.01. The van der Waals surface area contributed by atoms with Crippen LogP contribution in [0.3, 0.4) is 0 Å². The number of hydrogen-bond donors (Lipinski definition) is 2. The summed E-state index contributed by atoms with van der Waals surface area (Å²) in [6.07, 6.45) is 2.48. The molecule has 4 nitrogen and oxygen atoms in total. The van der Waals surface area contributed by atoms with Crippen LogP contribution in [0.25, 0.3) is 0 Å². The van der Waals surface area contributed by atoms with Gasteiger partial charge in [0, 0.05) is 23.1 Å². The maximum absolute atomic E-state index is 12.3. The molecule has 0 heterocycles. The fourth-order valence-electron chi connectivity index (χ4n) is 2.39. The van der Waals surface area contributed by atoms with E-state index in [0.717, 1.165) is 17.7 Å². The van der Waals surface area contributed by atoms with E-state index < -0.39 is 0 Å². The molecule has 0 aromatic heterocycles. The van der Waals surface area contributed by atoms with Gasteiger partial charge in [0.05, 0.1) is 11.3 Å². The first kappa shape index (κ1) is 17.5. The Morgan fingerprint density at radius 1 is 1.08 bits per heavy atom. The van der Waals surface area contributed by atoms with Gasteiger partial charge in [0.15, 0.2) is 0 Å². The second kappa shape index (κ2) is 8.21. The zero-order chi connectivity index (χ0) is 17.6. The van der Waals surface area contributed by atoms with Crippen LogP contribution < -0.4 is 10.6 Å². The average molecular weight is 354 g/mol. The highest BCUT2D eigenvalue weighted by Crippen LogP contribution is 2.22. The van der Waals surface area contributed by atoms with E-state index in [9.17, 15) is 9.59 Å². The minimum Gasteiger partial charge on any atom is -0.349 e. The van der Waals surface area contributed by atoms with Gasteiger partial charge in [0.2, 0.25) is 5.91 Å². The van der Waals surface area contributed by atoms with Gasteiger partial charge in [-0.05, 0) is 44.0 Å². The van der Waals surface area contributed by atoms with E-state index in [-0.39, 0.29) is 11.8 Å². The number of aryl methyl sites for hydroxylation is 1. The first-order valence-electron chi connectivity index (χ1n) is 8.51. The molecule has 1 aliphatic carbocycles. The molecule has 1 saturated carbocycles. The molecule has 0 atom stereocenters. The zero-order valence-corrected chi connectivity index (χ0v) is 15.1. The highest BCUT2D eigenvalue weighted by Gasteiger charge is 2.24.